The summed E-state index contributed by atoms with van der Waals surface area (Å²) in [6.45, 7) is 6.48. The van der Waals surface area contributed by atoms with Crippen LogP contribution in [0.5, 0.6) is 0 Å². The highest BCUT2D eigenvalue weighted by molar-refractivity contribution is 5.81. The number of fused-ring (bicyclic) bond motifs is 1. The van der Waals surface area contributed by atoms with Gasteiger partial charge >= 0.3 is 0 Å². The minimum absolute atomic E-state index is 0.351. The van der Waals surface area contributed by atoms with E-state index >= 15 is 0 Å². The van der Waals surface area contributed by atoms with Gasteiger partial charge in [-0.25, -0.2) is 15.0 Å². The van der Waals surface area contributed by atoms with Gasteiger partial charge in [0.1, 0.15) is 11.8 Å². The lowest BCUT2D eigenvalue weighted by atomic mass is 10.1. The summed E-state index contributed by atoms with van der Waals surface area (Å²) in [5.41, 5.74) is 7.21. The number of imidazole rings is 1. The lowest BCUT2D eigenvalue weighted by Crippen LogP contribution is -2.11. The molecule has 5 heteroatoms. The number of anilines is 1. The van der Waals surface area contributed by atoms with Crippen LogP contribution in [0.1, 0.15) is 26.8 Å². The highest BCUT2D eigenvalue weighted by Crippen LogP contribution is 2.22. The first-order chi connectivity index (χ1) is 7.11. The van der Waals surface area contributed by atoms with E-state index in [1.807, 2.05) is 4.57 Å². The van der Waals surface area contributed by atoms with Crippen LogP contribution in [0.25, 0.3) is 11.2 Å². The van der Waals surface area contributed by atoms with E-state index in [9.17, 15) is 0 Å². The molecule has 2 rings (SSSR count). The monoisotopic (exact) mass is 205 g/mol. The molecule has 2 aromatic rings. The molecule has 1 atom stereocenters. The molecule has 0 fully saturated rings. The van der Waals surface area contributed by atoms with Crippen molar-refractivity contribution in [2.45, 2.75) is 26.8 Å². The smallest absolute Gasteiger partial charge is 0.165 e. The maximum atomic E-state index is 5.72. The van der Waals surface area contributed by atoms with Crippen molar-refractivity contribution in [3.63, 3.8) is 0 Å². The summed E-state index contributed by atoms with van der Waals surface area (Å²) in [6, 6.07) is 0.351. The molecule has 0 amide bonds. The molecular weight excluding hydrogens is 190 g/mol. The Morgan fingerprint density at radius 1 is 1.20 bits per heavy atom. The minimum Gasteiger partial charge on any atom is -0.382 e. The van der Waals surface area contributed by atoms with Crippen LogP contribution in [0.3, 0.4) is 0 Å². The van der Waals surface area contributed by atoms with Gasteiger partial charge in [-0.3, -0.25) is 0 Å². The standard InChI is InChI=1S/C10H15N5/c1-6(2)7(3)15-5-14-8-9(11)12-4-13-10(8)15/h4-7H,1-3H3,(H2,11,12,13)/t7-/m1/s1. The largest absolute Gasteiger partial charge is 0.382 e. The fourth-order valence-corrected chi connectivity index (χ4v) is 1.49. The molecule has 0 aromatic carbocycles. The van der Waals surface area contributed by atoms with Gasteiger partial charge in [0, 0.05) is 6.04 Å². The molecule has 0 radical (unpaired) electrons. The number of aromatic nitrogens is 4. The summed E-state index contributed by atoms with van der Waals surface area (Å²) >= 11 is 0. The van der Waals surface area contributed by atoms with Crippen molar-refractivity contribution in [2.75, 3.05) is 5.73 Å². The van der Waals surface area contributed by atoms with E-state index in [1.165, 1.54) is 6.33 Å². The molecule has 2 N–H and O–H groups in total. The van der Waals surface area contributed by atoms with Crippen molar-refractivity contribution in [3.8, 4) is 0 Å². The molecule has 0 unspecified atom stereocenters. The van der Waals surface area contributed by atoms with Crippen LogP contribution in [-0.4, -0.2) is 19.5 Å². The maximum Gasteiger partial charge on any atom is 0.165 e. The Hall–Kier alpha value is -1.65. The molecule has 0 saturated heterocycles. The lowest BCUT2D eigenvalue weighted by molar-refractivity contribution is 0.415. The summed E-state index contributed by atoms with van der Waals surface area (Å²) in [5, 5.41) is 0. The first kappa shape index (κ1) is 9.89. The fraction of sp³-hybridized carbons (Fsp3) is 0.500. The minimum atomic E-state index is 0.351. The third-order valence-electron chi connectivity index (χ3n) is 2.79. The van der Waals surface area contributed by atoms with Gasteiger partial charge in [0.15, 0.2) is 11.5 Å². The Bertz CT molecular complexity index is 474. The number of nitrogens with zero attached hydrogens (tertiary/aromatic N) is 4. The molecule has 80 valence electrons. The summed E-state index contributed by atoms with van der Waals surface area (Å²) < 4.78 is 2.04. The maximum absolute atomic E-state index is 5.72. The summed E-state index contributed by atoms with van der Waals surface area (Å²) in [6.07, 6.45) is 3.25. The SMILES string of the molecule is CC(C)[C@@H](C)n1cnc2c(N)ncnc21. The lowest BCUT2D eigenvalue weighted by Gasteiger charge is -2.17. The molecule has 2 aromatic heterocycles. The average Bonchev–Trinajstić information content (AvgIpc) is 2.61. The van der Waals surface area contributed by atoms with Gasteiger partial charge in [-0.1, -0.05) is 13.8 Å². The van der Waals surface area contributed by atoms with Gasteiger partial charge < -0.3 is 10.3 Å². The number of nitrogen functional groups attached to an aromatic ring is 1. The number of hydrogen-bond donors (Lipinski definition) is 1. The van der Waals surface area contributed by atoms with E-state index in [0.717, 1.165) is 5.65 Å². The van der Waals surface area contributed by atoms with E-state index < -0.39 is 0 Å². The molecule has 0 aliphatic rings. The van der Waals surface area contributed by atoms with Crippen LogP contribution in [0, 0.1) is 5.92 Å². The highest BCUT2D eigenvalue weighted by Gasteiger charge is 2.14. The second-order valence-electron chi connectivity index (χ2n) is 4.07. The first-order valence-corrected chi connectivity index (χ1v) is 5.04. The van der Waals surface area contributed by atoms with Gasteiger partial charge in [-0.2, -0.15) is 0 Å². The molecular formula is C10H15N5. The van der Waals surface area contributed by atoms with Crippen LogP contribution in [0.4, 0.5) is 5.82 Å². The van der Waals surface area contributed by atoms with E-state index in [-0.39, 0.29) is 0 Å². The van der Waals surface area contributed by atoms with E-state index in [2.05, 4.69) is 35.7 Å². The third kappa shape index (κ3) is 1.54. The van der Waals surface area contributed by atoms with E-state index in [0.29, 0.717) is 23.3 Å². The highest BCUT2D eigenvalue weighted by atomic mass is 15.1. The molecule has 0 aliphatic carbocycles. The number of rotatable bonds is 2. The zero-order valence-electron chi connectivity index (χ0n) is 9.18. The van der Waals surface area contributed by atoms with Gasteiger partial charge in [0.25, 0.3) is 0 Å². The second kappa shape index (κ2) is 3.49. The van der Waals surface area contributed by atoms with Gasteiger partial charge in [-0.05, 0) is 12.8 Å². The number of nitrogens with two attached hydrogens (primary N) is 1. The van der Waals surface area contributed by atoms with Gasteiger partial charge in [-0.15, -0.1) is 0 Å². The van der Waals surface area contributed by atoms with E-state index in [4.69, 9.17) is 5.73 Å². The van der Waals surface area contributed by atoms with Crippen LogP contribution in [-0.2, 0) is 0 Å². The molecule has 0 spiro atoms. The van der Waals surface area contributed by atoms with Crippen molar-refractivity contribution in [3.05, 3.63) is 12.7 Å². The first-order valence-electron chi connectivity index (χ1n) is 5.04. The quantitative estimate of drug-likeness (QED) is 0.808. The zero-order valence-corrected chi connectivity index (χ0v) is 9.18. The van der Waals surface area contributed by atoms with Crippen molar-refractivity contribution < 1.29 is 0 Å². The van der Waals surface area contributed by atoms with Crippen molar-refractivity contribution in [2.24, 2.45) is 5.92 Å². The molecule has 0 bridgehead atoms. The third-order valence-corrected chi connectivity index (χ3v) is 2.79. The number of hydrogen-bond acceptors (Lipinski definition) is 4. The predicted octanol–water partition coefficient (Wildman–Crippen LogP) is 1.63. The van der Waals surface area contributed by atoms with Crippen LogP contribution >= 0.6 is 0 Å². The topological polar surface area (TPSA) is 69.6 Å². The summed E-state index contributed by atoms with van der Waals surface area (Å²) in [5.74, 6) is 0.966. The normalized spacial score (nSPS) is 13.6. The Kier molecular flexibility index (Phi) is 2.30. The van der Waals surface area contributed by atoms with Crippen LogP contribution in [0.2, 0.25) is 0 Å². The molecule has 0 saturated carbocycles. The second-order valence-corrected chi connectivity index (χ2v) is 4.07. The van der Waals surface area contributed by atoms with Crippen molar-refractivity contribution in [1.82, 2.24) is 19.5 Å². The average molecular weight is 205 g/mol. The van der Waals surface area contributed by atoms with Crippen LogP contribution < -0.4 is 5.73 Å². The molecule has 5 nitrogen and oxygen atoms in total. The zero-order chi connectivity index (χ0) is 11.0. The van der Waals surface area contributed by atoms with Gasteiger partial charge in [0.2, 0.25) is 0 Å². The Balaban J connectivity index is 2.59. The summed E-state index contributed by atoms with van der Waals surface area (Å²) in [7, 11) is 0. The molecule has 2 heterocycles. The van der Waals surface area contributed by atoms with Crippen LogP contribution in [0.15, 0.2) is 12.7 Å². The van der Waals surface area contributed by atoms with Gasteiger partial charge in [0.05, 0.1) is 6.33 Å². The predicted molar refractivity (Wildman–Crippen MR) is 59.3 cm³/mol. The fourth-order valence-electron chi connectivity index (χ4n) is 1.49. The summed E-state index contributed by atoms with van der Waals surface area (Å²) in [4.78, 5) is 12.4. The Morgan fingerprint density at radius 3 is 2.60 bits per heavy atom. The van der Waals surface area contributed by atoms with E-state index in [1.54, 1.807) is 6.33 Å². The molecule has 15 heavy (non-hydrogen) atoms. The van der Waals surface area contributed by atoms with Crippen molar-refractivity contribution >= 4 is 17.0 Å². The van der Waals surface area contributed by atoms with Crippen molar-refractivity contribution in [1.29, 1.82) is 0 Å². The molecule has 0 aliphatic heterocycles. The Morgan fingerprint density at radius 2 is 1.93 bits per heavy atom. The Labute approximate surface area is 88.4 Å².